The number of ether oxygens (including phenoxy) is 1. The zero-order valence-electron chi connectivity index (χ0n) is 16.2. The Hall–Kier alpha value is -2.94. The van der Waals surface area contributed by atoms with Crippen LogP contribution in [0.3, 0.4) is 0 Å². The molecular formula is C21H18Cl2N2O5S. The molecule has 3 aromatic carbocycles. The minimum absolute atomic E-state index is 0.00896. The van der Waals surface area contributed by atoms with E-state index < -0.39 is 10.0 Å². The highest BCUT2D eigenvalue weighted by molar-refractivity contribution is 7.92. The van der Waals surface area contributed by atoms with Gasteiger partial charge in [0.15, 0.2) is 11.5 Å². The molecule has 10 heteroatoms. The third-order valence-corrected chi connectivity index (χ3v) is 6.38. The Kier molecular flexibility index (Phi) is 6.94. The van der Waals surface area contributed by atoms with Crippen LogP contribution in [-0.2, 0) is 16.6 Å². The van der Waals surface area contributed by atoms with Gasteiger partial charge in [0.2, 0.25) is 0 Å². The molecule has 162 valence electrons. The normalized spacial score (nSPS) is 11.1. The molecule has 1 amide bonds. The highest BCUT2D eigenvalue weighted by Crippen LogP contribution is 2.27. The van der Waals surface area contributed by atoms with Gasteiger partial charge >= 0.3 is 0 Å². The number of rotatable bonds is 7. The van der Waals surface area contributed by atoms with Crippen molar-refractivity contribution in [1.82, 2.24) is 5.32 Å². The zero-order chi connectivity index (χ0) is 22.6. The van der Waals surface area contributed by atoms with E-state index in [4.69, 9.17) is 27.9 Å². The number of amides is 1. The van der Waals surface area contributed by atoms with Crippen molar-refractivity contribution in [2.45, 2.75) is 11.4 Å². The number of carbonyl (C=O) groups excluding carboxylic acids is 1. The lowest BCUT2D eigenvalue weighted by molar-refractivity contribution is 0.0951. The highest BCUT2D eigenvalue weighted by Gasteiger charge is 2.19. The number of methoxy groups -OCH3 is 1. The minimum atomic E-state index is -3.96. The van der Waals surface area contributed by atoms with Crippen LogP contribution in [-0.4, -0.2) is 26.5 Å². The van der Waals surface area contributed by atoms with Gasteiger partial charge in [-0.2, -0.15) is 0 Å². The number of hydrogen-bond acceptors (Lipinski definition) is 5. The van der Waals surface area contributed by atoms with E-state index in [1.807, 2.05) is 0 Å². The van der Waals surface area contributed by atoms with Crippen LogP contribution in [0.5, 0.6) is 11.5 Å². The van der Waals surface area contributed by atoms with Crippen molar-refractivity contribution in [2.24, 2.45) is 0 Å². The number of sulfonamides is 1. The van der Waals surface area contributed by atoms with E-state index in [2.05, 4.69) is 10.0 Å². The third kappa shape index (κ3) is 5.61. The molecule has 3 N–H and O–H groups in total. The van der Waals surface area contributed by atoms with E-state index in [0.29, 0.717) is 11.3 Å². The minimum Gasteiger partial charge on any atom is -0.504 e. The summed E-state index contributed by atoms with van der Waals surface area (Å²) < 4.78 is 32.6. The molecule has 0 unspecified atom stereocenters. The summed E-state index contributed by atoms with van der Waals surface area (Å²) in [6, 6.07) is 14.8. The van der Waals surface area contributed by atoms with Crippen LogP contribution < -0.4 is 14.8 Å². The topological polar surface area (TPSA) is 105 Å². The molecule has 0 aliphatic heterocycles. The number of hydrogen-bond donors (Lipinski definition) is 3. The monoisotopic (exact) mass is 480 g/mol. The molecule has 0 bridgehead atoms. The summed E-state index contributed by atoms with van der Waals surface area (Å²) >= 11 is 11.8. The maximum atomic E-state index is 12.6. The number of phenols is 1. The van der Waals surface area contributed by atoms with Crippen molar-refractivity contribution in [1.29, 1.82) is 0 Å². The quantitative estimate of drug-likeness (QED) is 0.463. The Morgan fingerprint density at radius 3 is 2.42 bits per heavy atom. The molecule has 0 saturated heterocycles. The molecular weight excluding hydrogens is 463 g/mol. The van der Waals surface area contributed by atoms with Crippen LogP contribution in [0.2, 0.25) is 10.0 Å². The predicted octanol–water partition coefficient (Wildman–Crippen LogP) is 4.44. The number of aromatic hydroxyl groups is 1. The van der Waals surface area contributed by atoms with Gasteiger partial charge in [0.05, 0.1) is 12.1 Å². The summed E-state index contributed by atoms with van der Waals surface area (Å²) in [6.07, 6.45) is 0. The standard InChI is InChI=1S/C21H18Cl2N2O5S/c1-30-19-10-13(2-9-18(19)26)12-24-21(27)14-3-6-16(7-4-14)25-31(28,29)20-11-15(22)5-8-17(20)23/h2-11,25-26H,12H2,1H3,(H,24,27). The fourth-order valence-electron chi connectivity index (χ4n) is 2.70. The molecule has 0 heterocycles. The fraction of sp³-hybridized carbons (Fsp3) is 0.0952. The van der Waals surface area contributed by atoms with Gasteiger partial charge in [-0.3, -0.25) is 9.52 Å². The largest absolute Gasteiger partial charge is 0.504 e. The second kappa shape index (κ2) is 9.47. The molecule has 3 rings (SSSR count). The molecule has 0 atom stereocenters. The summed E-state index contributed by atoms with van der Waals surface area (Å²) in [5.74, 6) is -0.0304. The predicted molar refractivity (Wildman–Crippen MR) is 120 cm³/mol. The molecule has 31 heavy (non-hydrogen) atoms. The first-order chi connectivity index (χ1) is 14.7. The Labute approximate surface area is 189 Å². The van der Waals surface area contributed by atoms with E-state index in [1.165, 1.54) is 55.6 Å². The van der Waals surface area contributed by atoms with Crippen molar-refractivity contribution in [2.75, 3.05) is 11.8 Å². The first-order valence-electron chi connectivity index (χ1n) is 8.91. The molecule has 0 spiro atoms. The number of nitrogens with one attached hydrogen (secondary N) is 2. The molecule has 0 aliphatic rings. The second-order valence-electron chi connectivity index (χ2n) is 6.45. The van der Waals surface area contributed by atoms with Crippen molar-refractivity contribution < 1.29 is 23.1 Å². The van der Waals surface area contributed by atoms with E-state index in [9.17, 15) is 18.3 Å². The molecule has 0 aromatic heterocycles. The lowest BCUT2D eigenvalue weighted by Gasteiger charge is -2.11. The summed E-state index contributed by atoms with van der Waals surface area (Å²) in [6.45, 7) is 0.219. The zero-order valence-corrected chi connectivity index (χ0v) is 18.6. The van der Waals surface area contributed by atoms with E-state index in [-0.39, 0.29) is 38.8 Å². The van der Waals surface area contributed by atoms with E-state index in [0.717, 1.165) is 5.56 Å². The van der Waals surface area contributed by atoms with Gasteiger partial charge in [-0.1, -0.05) is 29.3 Å². The van der Waals surface area contributed by atoms with Crippen LogP contribution in [0.25, 0.3) is 0 Å². The summed E-state index contributed by atoms with van der Waals surface area (Å²) in [7, 11) is -2.52. The molecule has 0 fully saturated rings. The third-order valence-electron chi connectivity index (χ3n) is 4.28. The van der Waals surface area contributed by atoms with E-state index >= 15 is 0 Å². The van der Waals surface area contributed by atoms with Gasteiger partial charge in [-0.15, -0.1) is 0 Å². The van der Waals surface area contributed by atoms with Crippen molar-refractivity contribution in [3.63, 3.8) is 0 Å². The first-order valence-corrected chi connectivity index (χ1v) is 11.2. The van der Waals surface area contributed by atoms with Crippen molar-refractivity contribution in [3.05, 3.63) is 81.8 Å². The summed E-state index contributed by atoms with van der Waals surface area (Å²) in [5.41, 5.74) is 1.34. The van der Waals surface area contributed by atoms with Gasteiger partial charge in [-0.25, -0.2) is 8.42 Å². The van der Waals surface area contributed by atoms with Crippen LogP contribution >= 0.6 is 23.2 Å². The SMILES string of the molecule is COc1cc(CNC(=O)c2ccc(NS(=O)(=O)c3cc(Cl)ccc3Cl)cc2)ccc1O. The number of carbonyl (C=O) groups is 1. The highest BCUT2D eigenvalue weighted by atomic mass is 35.5. The molecule has 3 aromatic rings. The second-order valence-corrected chi connectivity index (χ2v) is 8.94. The van der Waals surface area contributed by atoms with Crippen LogP contribution in [0.1, 0.15) is 15.9 Å². The first kappa shape index (κ1) is 22.7. The lowest BCUT2D eigenvalue weighted by Crippen LogP contribution is -2.22. The van der Waals surface area contributed by atoms with Gasteiger partial charge in [0, 0.05) is 22.8 Å². The fourth-order valence-corrected chi connectivity index (χ4v) is 4.52. The molecule has 7 nitrogen and oxygen atoms in total. The van der Waals surface area contributed by atoms with E-state index in [1.54, 1.807) is 12.1 Å². The van der Waals surface area contributed by atoms with Gasteiger partial charge in [0.25, 0.3) is 15.9 Å². The van der Waals surface area contributed by atoms with Crippen LogP contribution in [0.15, 0.2) is 65.6 Å². The van der Waals surface area contributed by atoms with Gasteiger partial charge < -0.3 is 15.2 Å². The average Bonchev–Trinajstić information content (AvgIpc) is 2.74. The summed E-state index contributed by atoms with van der Waals surface area (Å²) in [4.78, 5) is 12.2. The van der Waals surface area contributed by atoms with Crippen molar-refractivity contribution >= 4 is 44.8 Å². The Bertz CT molecular complexity index is 1210. The average molecular weight is 481 g/mol. The number of halogens is 2. The number of anilines is 1. The molecule has 0 saturated carbocycles. The molecule has 0 aliphatic carbocycles. The molecule has 0 radical (unpaired) electrons. The number of phenolic OH excluding ortho intramolecular Hbond substituents is 1. The Morgan fingerprint density at radius 2 is 1.74 bits per heavy atom. The lowest BCUT2D eigenvalue weighted by atomic mass is 10.1. The Morgan fingerprint density at radius 1 is 1.03 bits per heavy atom. The maximum Gasteiger partial charge on any atom is 0.263 e. The van der Waals surface area contributed by atoms with Gasteiger partial charge in [0.1, 0.15) is 4.90 Å². The van der Waals surface area contributed by atoms with Crippen molar-refractivity contribution in [3.8, 4) is 11.5 Å². The summed E-state index contributed by atoms with van der Waals surface area (Å²) in [5, 5.41) is 12.6. The Balaban J connectivity index is 1.67. The van der Waals surface area contributed by atoms with Gasteiger partial charge in [-0.05, 0) is 60.2 Å². The number of benzene rings is 3. The van der Waals surface area contributed by atoms with Crippen LogP contribution in [0.4, 0.5) is 5.69 Å². The smallest absolute Gasteiger partial charge is 0.263 e. The maximum absolute atomic E-state index is 12.6. The van der Waals surface area contributed by atoms with Crippen LogP contribution in [0, 0.1) is 0 Å².